The molecule has 10 heteroatoms. The van der Waals surface area contributed by atoms with E-state index in [4.69, 9.17) is 9.47 Å². The van der Waals surface area contributed by atoms with E-state index in [0.29, 0.717) is 31.4 Å². The van der Waals surface area contributed by atoms with E-state index in [9.17, 15) is 28.8 Å². The number of imide groups is 2. The van der Waals surface area contributed by atoms with Crippen molar-refractivity contribution in [2.24, 2.45) is 35.5 Å². The second kappa shape index (κ2) is 10.8. The molecular weight excluding hydrogens is 540 g/mol. The van der Waals surface area contributed by atoms with Gasteiger partial charge in [-0.15, -0.1) is 0 Å². The lowest BCUT2D eigenvalue weighted by molar-refractivity contribution is -0.143. The van der Waals surface area contributed by atoms with Gasteiger partial charge in [-0.25, -0.2) is 0 Å². The summed E-state index contributed by atoms with van der Waals surface area (Å²) in [6, 6.07) is 13.3. The SMILES string of the molecule is Cc1ccc(N2C(=O)C3CCC(C(=O)Oc4ccc(OC(=O)C5CCC6C(=O)N(C)C(=O)C6C5)cc4)CC3C2=O)cc1. The van der Waals surface area contributed by atoms with Crippen LogP contribution in [0.5, 0.6) is 11.5 Å². The minimum atomic E-state index is -0.556. The molecule has 2 aliphatic carbocycles. The van der Waals surface area contributed by atoms with Crippen molar-refractivity contribution in [1.29, 1.82) is 0 Å². The number of anilines is 1. The average molecular weight is 573 g/mol. The van der Waals surface area contributed by atoms with E-state index in [1.165, 1.54) is 36.2 Å². The molecule has 0 radical (unpaired) electrons. The quantitative estimate of drug-likeness (QED) is 0.303. The molecule has 2 heterocycles. The van der Waals surface area contributed by atoms with Gasteiger partial charge in [-0.3, -0.25) is 38.6 Å². The van der Waals surface area contributed by atoms with Gasteiger partial charge in [0, 0.05) is 7.05 Å². The van der Waals surface area contributed by atoms with Gasteiger partial charge in [0.2, 0.25) is 23.6 Å². The Kier molecular flexibility index (Phi) is 7.16. The van der Waals surface area contributed by atoms with Gasteiger partial charge < -0.3 is 9.47 Å². The van der Waals surface area contributed by atoms with Crippen LogP contribution in [0.2, 0.25) is 0 Å². The Morgan fingerprint density at radius 1 is 0.619 bits per heavy atom. The largest absolute Gasteiger partial charge is 0.426 e. The first kappa shape index (κ1) is 27.8. The topological polar surface area (TPSA) is 127 Å². The van der Waals surface area contributed by atoms with E-state index >= 15 is 0 Å². The van der Waals surface area contributed by atoms with Gasteiger partial charge in [-0.05, 0) is 81.8 Å². The molecule has 0 N–H and O–H groups in total. The lowest BCUT2D eigenvalue weighted by Gasteiger charge is -2.27. The summed E-state index contributed by atoms with van der Waals surface area (Å²) in [7, 11) is 1.48. The molecule has 4 amide bonds. The maximum atomic E-state index is 13.2. The molecular formula is C32H32N2O8. The molecule has 4 fully saturated rings. The van der Waals surface area contributed by atoms with Crippen molar-refractivity contribution >= 4 is 41.3 Å². The molecule has 2 aliphatic heterocycles. The Labute approximate surface area is 242 Å². The van der Waals surface area contributed by atoms with E-state index < -0.39 is 41.5 Å². The second-order valence-electron chi connectivity index (χ2n) is 11.8. The van der Waals surface area contributed by atoms with Crippen LogP contribution >= 0.6 is 0 Å². The molecule has 2 saturated carbocycles. The summed E-state index contributed by atoms with van der Waals surface area (Å²) in [5.74, 6) is -4.09. The number of hydrogen-bond donors (Lipinski definition) is 0. The number of aryl methyl sites for hydroxylation is 1. The summed E-state index contributed by atoms with van der Waals surface area (Å²) in [4.78, 5) is 79.0. The standard InChI is InChI=1S/C32H32N2O8/c1-17-3-7-20(8-4-17)34-29(37)24-14-6-19(16-26(24)30(34)38)32(40)42-22-11-9-21(10-12-22)41-31(39)18-5-13-23-25(15-18)28(36)33(2)27(23)35/h3-4,7-12,18-19,23-26H,5-6,13-16H2,1-2H3. The maximum absolute atomic E-state index is 13.2. The number of carbonyl (C=O) groups is 6. The van der Waals surface area contributed by atoms with Crippen molar-refractivity contribution in [3.05, 3.63) is 54.1 Å². The van der Waals surface area contributed by atoms with Crippen LogP contribution in [0.4, 0.5) is 5.69 Å². The summed E-state index contributed by atoms with van der Waals surface area (Å²) in [5, 5.41) is 0. The molecule has 6 unspecified atom stereocenters. The minimum Gasteiger partial charge on any atom is -0.426 e. The number of nitrogens with zero attached hydrogens (tertiary/aromatic N) is 2. The molecule has 218 valence electrons. The molecule has 0 spiro atoms. The third kappa shape index (κ3) is 4.88. The number of ether oxygens (including phenoxy) is 2. The van der Waals surface area contributed by atoms with Crippen LogP contribution in [0.3, 0.4) is 0 Å². The zero-order chi connectivity index (χ0) is 29.7. The fourth-order valence-electron chi connectivity index (χ4n) is 6.88. The normalized spacial score (nSPS) is 28.9. The highest BCUT2D eigenvalue weighted by molar-refractivity contribution is 6.22. The molecule has 10 nitrogen and oxygen atoms in total. The van der Waals surface area contributed by atoms with E-state index in [-0.39, 0.29) is 53.9 Å². The molecule has 6 rings (SSSR count). The molecule has 2 saturated heterocycles. The van der Waals surface area contributed by atoms with Crippen LogP contribution in [0, 0.1) is 42.4 Å². The molecule has 42 heavy (non-hydrogen) atoms. The Morgan fingerprint density at radius 2 is 1.05 bits per heavy atom. The third-order valence-electron chi connectivity index (χ3n) is 9.29. The molecule has 6 atom stereocenters. The molecule has 2 aromatic rings. The van der Waals surface area contributed by atoms with Gasteiger partial charge in [-0.2, -0.15) is 0 Å². The Hall–Kier alpha value is -4.34. The van der Waals surface area contributed by atoms with Gasteiger partial charge in [0.1, 0.15) is 11.5 Å². The highest BCUT2D eigenvalue weighted by atomic mass is 16.5. The fraction of sp³-hybridized carbons (Fsp3) is 0.438. The first-order valence-corrected chi connectivity index (χ1v) is 14.4. The number of benzene rings is 2. The summed E-state index contributed by atoms with van der Waals surface area (Å²) in [6.45, 7) is 1.93. The van der Waals surface area contributed by atoms with E-state index in [2.05, 4.69) is 0 Å². The number of likely N-dealkylation sites (tertiary alicyclic amines) is 1. The lowest BCUT2D eigenvalue weighted by Crippen LogP contribution is -2.33. The first-order valence-electron chi connectivity index (χ1n) is 14.4. The van der Waals surface area contributed by atoms with Gasteiger partial charge in [0.05, 0.1) is 41.2 Å². The highest BCUT2D eigenvalue weighted by Gasteiger charge is 2.52. The number of esters is 2. The van der Waals surface area contributed by atoms with Gasteiger partial charge in [0.15, 0.2) is 0 Å². The van der Waals surface area contributed by atoms with E-state index in [1.807, 2.05) is 19.1 Å². The number of hydrogen-bond acceptors (Lipinski definition) is 8. The Bertz CT molecular complexity index is 1470. The minimum absolute atomic E-state index is 0.178. The van der Waals surface area contributed by atoms with Crippen molar-refractivity contribution in [3.63, 3.8) is 0 Å². The van der Waals surface area contributed by atoms with Crippen molar-refractivity contribution in [2.45, 2.75) is 45.4 Å². The number of rotatable bonds is 5. The van der Waals surface area contributed by atoms with Gasteiger partial charge >= 0.3 is 11.9 Å². The van der Waals surface area contributed by atoms with Crippen LogP contribution in [0.1, 0.15) is 44.1 Å². The predicted molar refractivity (Wildman–Crippen MR) is 148 cm³/mol. The summed E-state index contributed by atoms with van der Waals surface area (Å²) >= 11 is 0. The van der Waals surface area contributed by atoms with Crippen molar-refractivity contribution in [3.8, 4) is 11.5 Å². The highest BCUT2D eigenvalue weighted by Crippen LogP contribution is 2.43. The van der Waals surface area contributed by atoms with Crippen LogP contribution in [-0.4, -0.2) is 47.5 Å². The van der Waals surface area contributed by atoms with Crippen LogP contribution in [0.25, 0.3) is 0 Å². The smallest absolute Gasteiger partial charge is 0.314 e. The number of fused-ring (bicyclic) bond motifs is 2. The molecule has 4 aliphatic rings. The summed E-state index contributed by atoms with van der Waals surface area (Å²) < 4.78 is 11.1. The summed E-state index contributed by atoms with van der Waals surface area (Å²) in [6.07, 6.45) is 2.37. The Balaban J connectivity index is 1.03. The van der Waals surface area contributed by atoms with Crippen molar-refractivity contribution in [1.82, 2.24) is 4.90 Å². The van der Waals surface area contributed by atoms with E-state index in [1.54, 1.807) is 12.1 Å². The molecule has 0 bridgehead atoms. The maximum Gasteiger partial charge on any atom is 0.314 e. The Morgan fingerprint density at radius 3 is 1.57 bits per heavy atom. The zero-order valence-corrected chi connectivity index (χ0v) is 23.5. The number of carbonyl (C=O) groups excluding carboxylic acids is 6. The molecule has 2 aromatic carbocycles. The van der Waals surface area contributed by atoms with Crippen molar-refractivity contribution < 1.29 is 38.2 Å². The summed E-state index contributed by atoms with van der Waals surface area (Å²) in [5.41, 5.74) is 1.58. The lowest BCUT2D eigenvalue weighted by atomic mass is 9.75. The zero-order valence-electron chi connectivity index (χ0n) is 23.5. The van der Waals surface area contributed by atoms with E-state index in [0.717, 1.165) is 10.5 Å². The van der Waals surface area contributed by atoms with Crippen molar-refractivity contribution in [2.75, 3.05) is 11.9 Å². The van der Waals surface area contributed by atoms with Crippen LogP contribution in [-0.2, 0) is 28.8 Å². The molecule has 0 aromatic heterocycles. The predicted octanol–water partition coefficient (Wildman–Crippen LogP) is 3.44. The number of amides is 4. The fourth-order valence-corrected chi connectivity index (χ4v) is 6.88. The van der Waals surface area contributed by atoms with Crippen LogP contribution < -0.4 is 14.4 Å². The van der Waals surface area contributed by atoms with Crippen LogP contribution in [0.15, 0.2) is 48.5 Å². The second-order valence-corrected chi connectivity index (χ2v) is 11.8. The third-order valence-corrected chi connectivity index (χ3v) is 9.29. The first-order chi connectivity index (χ1) is 20.1. The van der Waals surface area contributed by atoms with Gasteiger partial charge in [0.25, 0.3) is 0 Å². The average Bonchev–Trinajstić information content (AvgIpc) is 3.37. The monoisotopic (exact) mass is 572 g/mol. The van der Waals surface area contributed by atoms with Gasteiger partial charge in [-0.1, -0.05) is 17.7 Å².